The lowest BCUT2D eigenvalue weighted by atomic mass is 10.2. The highest BCUT2D eigenvalue weighted by Gasteiger charge is 2.32. The number of halogens is 3. The average Bonchev–Trinajstić information content (AvgIpc) is 3.33. The second-order valence-electron chi connectivity index (χ2n) is 5.91. The highest BCUT2D eigenvalue weighted by Crippen LogP contribution is 2.40. The molecule has 7 heteroatoms. The Hall–Kier alpha value is -2.83. The quantitative estimate of drug-likeness (QED) is 0.679. The monoisotopic (exact) mass is 345 g/mol. The summed E-state index contributed by atoms with van der Waals surface area (Å²) >= 11 is 0. The van der Waals surface area contributed by atoms with Crippen molar-refractivity contribution in [1.29, 1.82) is 0 Å². The largest absolute Gasteiger partial charge is 0.573 e. The Morgan fingerprint density at radius 2 is 1.88 bits per heavy atom. The van der Waals surface area contributed by atoms with Crippen molar-refractivity contribution in [3.8, 4) is 28.4 Å². The average molecular weight is 345 g/mol. The van der Waals surface area contributed by atoms with Gasteiger partial charge in [0, 0.05) is 35.8 Å². The van der Waals surface area contributed by atoms with Crippen molar-refractivity contribution >= 4 is 0 Å². The SMILES string of the molecule is FC(F)(F)Oc1cccc(-c2nc(-c3cccnc3)cn2C2CC2)c1. The van der Waals surface area contributed by atoms with Gasteiger partial charge in [-0.3, -0.25) is 4.98 Å². The zero-order valence-electron chi connectivity index (χ0n) is 13.1. The van der Waals surface area contributed by atoms with E-state index in [0.29, 0.717) is 17.4 Å². The van der Waals surface area contributed by atoms with E-state index in [1.165, 1.54) is 18.2 Å². The number of benzene rings is 1. The summed E-state index contributed by atoms with van der Waals surface area (Å²) in [6.07, 6.45) is 2.68. The molecule has 1 fully saturated rings. The number of rotatable bonds is 4. The van der Waals surface area contributed by atoms with Crippen LogP contribution >= 0.6 is 0 Å². The van der Waals surface area contributed by atoms with E-state index in [2.05, 4.69) is 14.7 Å². The van der Waals surface area contributed by atoms with Crippen molar-refractivity contribution in [2.24, 2.45) is 0 Å². The first kappa shape index (κ1) is 15.7. The van der Waals surface area contributed by atoms with Crippen LogP contribution in [0.4, 0.5) is 13.2 Å². The fraction of sp³-hybridized carbons (Fsp3) is 0.222. The molecule has 0 amide bonds. The molecule has 3 aromatic rings. The van der Waals surface area contributed by atoms with E-state index in [1.807, 2.05) is 22.9 Å². The van der Waals surface area contributed by atoms with Gasteiger partial charge in [-0.25, -0.2) is 4.98 Å². The predicted octanol–water partition coefficient (Wildman–Crippen LogP) is 4.85. The third-order valence-electron chi connectivity index (χ3n) is 3.96. The summed E-state index contributed by atoms with van der Waals surface area (Å²) in [6, 6.07) is 9.97. The standard InChI is InChI=1S/C18H14F3N3O/c19-18(20,21)25-15-5-1-3-12(9-15)17-23-16(11-24(17)14-6-7-14)13-4-2-8-22-10-13/h1-5,8-11,14H,6-7H2. The molecule has 0 unspecified atom stereocenters. The lowest BCUT2D eigenvalue weighted by molar-refractivity contribution is -0.274. The lowest BCUT2D eigenvalue weighted by Gasteiger charge is -2.10. The van der Waals surface area contributed by atoms with Crippen LogP contribution in [0, 0.1) is 0 Å². The Balaban J connectivity index is 1.75. The predicted molar refractivity (Wildman–Crippen MR) is 85.8 cm³/mol. The fourth-order valence-corrected chi connectivity index (χ4v) is 2.72. The minimum atomic E-state index is -4.72. The van der Waals surface area contributed by atoms with Crippen LogP contribution in [0.3, 0.4) is 0 Å². The molecule has 25 heavy (non-hydrogen) atoms. The fourth-order valence-electron chi connectivity index (χ4n) is 2.72. The van der Waals surface area contributed by atoms with Crippen LogP contribution in [0.15, 0.2) is 55.0 Å². The summed E-state index contributed by atoms with van der Waals surface area (Å²) in [5.74, 6) is 0.382. The van der Waals surface area contributed by atoms with E-state index in [4.69, 9.17) is 0 Å². The summed E-state index contributed by atoms with van der Waals surface area (Å²) in [6.45, 7) is 0. The van der Waals surface area contributed by atoms with Gasteiger partial charge in [-0.1, -0.05) is 12.1 Å². The first-order valence-electron chi connectivity index (χ1n) is 7.85. The van der Waals surface area contributed by atoms with Gasteiger partial charge in [-0.05, 0) is 37.1 Å². The lowest BCUT2D eigenvalue weighted by Crippen LogP contribution is -2.17. The summed E-state index contributed by atoms with van der Waals surface area (Å²) in [4.78, 5) is 8.73. The summed E-state index contributed by atoms with van der Waals surface area (Å²) < 4.78 is 43.5. The van der Waals surface area contributed by atoms with Gasteiger partial charge >= 0.3 is 6.36 Å². The molecule has 0 spiro atoms. The molecule has 0 N–H and O–H groups in total. The molecule has 1 saturated carbocycles. The van der Waals surface area contributed by atoms with Crippen LogP contribution in [0.2, 0.25) is 0 Å². The topological polar surface area (TPSA) is 39.9 Å². The van der Waals surface area contributed by atoms with E-state index in [-0.39, 0.29) is 5.75 Å². The first-order valence-corrected chi connectivity index (χ1v) is 7.85. The summed E-state index contributed by atoms with van der Waals surface area (Å²) in [5, 5.41) is 0. The number of alkyl halides is 3. The summed E-state index contributed by atoms with van der Waals surface area (Å²) in [7, 11) is 0. The Morgan fingerprint density at radius 3 is 2.56 bits per heavy atom. The van der Waals surface area contributed by atoms with Crippen LogP contribution in [0.25, 0.3) is 22.6 Å². The smallest absolute Gasteiger partial charge is 0.406 e. The number of hydrogen-bond acceptors (Lipinski definition) is 3. The molecule has 0 atom stereocenters. The minimum Gasteiger partial charge on any atom is -0.406 e. The van der Waals surface area contributed by atoms with E-state index >= 15 is 0 Å². The Morgan fingerprint density at radius 1 is 1.08 bits per heavy atom. The van der Waals surface area contributed by atoms with Crippen molar-refractivity contribution in [1.82, 2.24) is 14.5 Å². The molecule has 2 heterocycles. The van der Waals surface area contributed by atoms with E-state index in [9.17, 15) is 13.2 Å². The number of hydrogen-bond donors (Lipinski definition) is 0. The molecule has 0 radical (unpaired) electrons. The van der Waals surface area contributed by atoms with Crippen LogP contribution < -0.4 is 4.74 Å². The number of pyridine rings is 1. The van der Waals surface area contributed by atoms with Gasteiger partial charge in [-0.2, -0.15) is 0 Å². The second kappa shape index (κ2) is 5.91. The second-order valence-corrected chi connectivity index (χ2v) is 5.91. The minimum absolute atomic E-state index is 0.252. The number of nitrogens with zero attached hydrogens (tertiary/aromatic N) is 3. The molecule has 1 aromatic carbocycles. The van der Waals surface area contributed by atoms with Gasteiger partial charge in [0.1, 0.15) is 11.6 Å². The molecule has 4 nitrogen and oxygen atoms in total. The maximum Gasteiger partial charge on any atom is 0.573 e. The van der Waals surface area contributed by atoms with E-state index < -0.39 is 6.36 Å². The van der Waals surface area contributed by atoms with Crippen LogP contribution in [0.1, 0.15) is 18.9 Å². The van der Waals surface area contributed by atoms with Crippen molar-refractivity contribution < 1.29 is 17.9 Å². The van der Waals surface area contributed by atoms with Crippen LogP contribution in [0.5, 0.6) is 5.75 Å². The van der Waals surface area contributed by atoms with Crippen LogP contribution in [-0.4, -0.2) is 20.9 Å². The molecule has 0 aliphatic heterocycles. The summed E-state index contributed by atoms with van der Waals surface area (Å²) in [5.41, 5.74) is 2.20. The van der Waals surface area contributed by atoms with Gasteiger partial charge in [0.2, 0.25) is 0 Å². The molecular weight excluding hydrogens is 331 g/mol. The highest BCUT2D eigenvalue weighted by molar-refractivity contribution is 5.65. The Kier molecular flexibility index (Phi) is 3.71. The van der Waals surface area contributed by atoms with Gasteiger partial charge in [0.15, 0.2) is 0 Å². The number of imidazole rings is 1. The number of aromatic nitrogens is 3. The highest BCUT2D eigenvalue weighted by atomic mass is 19.4. The van der Waals surface area contributed by atoms with Crippen molar-refractivity contribution in [3.63, 3.8) is 0 Å². The molecular formula is C18H14F3N3O. The normalized spacial score (nSPS) is 14.5. The molecule has 0 saturated heterocycles. The zero-order chi connectivity index (χ0) is 17.4. The molecule has 128 valence electrons. The van der Waals surface area contributed by atoms with Crippen molar-refractivity contribution in [3.05, 3.63) is 55.0 Å². The molecule has 4 rings (SSSR count). The van der Waals surface area contributed by atoms with E-state index in [1.54, 1.807) is 18.5 Å². The Bertz CT molecular complexity index is 886. The van der Waals surface area contributed by atoms with E-state index in [0.717, 1.165) is 24.1 Å². The molecule has 1 aliphatic rings. The Labute approximate surface area is 141 Å². The van der Waals surface area contributed by atoms with Crippen LogP contribution in [-0.2, 0) is 0 Å². The van der Waals surface area contributed by atoms with Crippen molar-refractivity contribution in [2.45, 2.75) is 25.2 Å². The third-order valence-corrected chi connectivity index (χ3v) is 3.96. The maximum atomic E-state index is 12.5. The molecule has 1 aliphatic carbocycles. The van der Waals surface area contributed by atoms with Gasteiger partial charge in [0.05, 0.1) is 5.69 Å². The van der Waals surface area contributed by atoms with Gasteiger partial charge in [-0.15, -0.1) is 13.2 Å². The van der Waals surface area contributed by atoms with Gasteiger partial charge < -0.3 is 9.30 Å². The maximum absolute atomic E-state index is 12.5. The first-order chi connectivity index (χ1) is 12.0. The van der Waals surface area contributed by atoms with Gasteiger partial charge in [0.25, 0.3) is 0 Å². The molecule has 0 bridgehead atoms. The van der Waals surface area contributed by atoms with Crippen molar-refractivity contribution in [2.75, 3.05) is 0 Å². The third kappa shape index (κ3) is 3.50. The number of ether oxygens (including phenoxy) is 1. The zero-order valence-corrected chi connectivity index (χ0v) is 13.1. The molecule has 2 aromatic heterocycles.